The molecule has 0 rings (SSSR count). The zero-order chi connectivity index (χ0) is 20.8. The van der Waals surface area contributed by atoms with Crippen molar-refractivity contribution < 1.29 is 170 Å². The van der Waals surface area contributed by atoms with E-state index < -0.39 is 33.0 Å². The van der Waals surface area contributed by atoms with E-state index in [0.717, 1.165) is 6.42 Å². The molecule has 0 bridgehead atoms. The fourth-order valence-electron chi connectivity index (χ4n) is 1.56. The molecule has 0 amide bonds. The van der Waals surface area contributed by atoms with Crippen molar-refractivity contribution in [3.63, 3.8) is 0 Å². The van der Waals surface area contributed by atoms with E-state index in [4.69, 9.17) is 5.11 Å². The van der Waals surface area contributed by atoms with Gasteiger partial charge in [-0.2, -0.15) is 0 Å². The molecule has 0 aliphatic rings. The van der Waals surface area contributed by atoms with Crippen LogP contribution in [0.15, 0.2) is 0 Å². The summed E-state index contributed by atoms with van der Waals surface area (Å²) >= 11 is 0. The maximum Gasteiger partial charge on any atom is 1.00 e. The van der Waals surface area contributed by atoms with Crippen molar-refractivity contribution in [1.82, 2.24) is 0 Å². The average Bonchev–Trinajstić information content (AvgIpc) is 2.48. The molecule has 30 heavy (non-hydrogen) atoms. The first kappa shape index (κ1) is 51.3. The van der Waals surface area contributed by atoms with E-state index in [0.29, 0.717) is 6.61 Å². The van der Waals surface area contributed by atoms with Crippen molar-refractivity contribution in [1.29, 1.82) is 0 Å². The predicted molar refractivity (Wildman–Crippen MR) is 92.5 cm³/mol. The van der Waals surface area contributed by atoms with Crippen LogP contribution in [0.4, 0.5) is 0 Å². The Hall–Kier alpha value is 4.64. The Morgan fingerprint density at radius 3 is 0.967 bits per heavy atom. The van der Waals surface area contributed by atoms with Crippen LogP contribution in [0.3, 0.4) is 0 Å². The first-order chi connectivity index (χ1) is 12.2. The van der Waals surface area contributed by atoms with Gasteiger partial charge in [0.1, 0.15) is 33.0 Å². The fraction of sp³-hybridized carbons (Fsp3) is 1.00. The van der Waals surface area contributed by atoms with Gasteiger partial charge in [0.25, 0.3) is 0 Å². The molecule has 0 saturated carbocycles. The fourth-order valence-corrected chi connectivity index (χ4v) is 2.65. The Kier molecular flexibility index (Phi) is 74.7. The van der Waals surface area contributed by atoms with E-state index in [1.807, 2.05) is 0 Å². The zero-order valence-corrected chi connectivity index (χ0v) is 30.6. The molecule has 162 valence electrons. The molecule has 0 radical (unpaired) electrons. The van der Waals surface area contributed by atoms with Gasteiger partial charge in [0, 0.05) is 6.61 Å². The van der Waals surface area contributed by atoms with E-state index in [1.165, 1.54) is 51.4 Å². The average molecular weight is 552 g/mol. The molecule has 0 heterocycles. The molecule has 0 spiro atoms. The van der Waals surface area contributed by atoms with Crippen molar-refractivity contribution in [3.8, 4) is 0 Å². The van der Waals surface area contributed by atoms with E-state index in [-0.39, 0.29) is 118 Å². The van der Waals surface area contributed by atoms with Gasteiger partial charge in [-0.3, -0.25) is 8.62 Å². The quantitative estimate of drug-likeness (QED) is 0.129. The summed E-state index contributed by atoms with van der Waals surface area (Å²) in [5.74, 6) is 0. The molecule has 0 aromatic rings. The summed E-state index contributed by atoms with van der Waals surface area (Å²) in [6, 6.07) is 0. The summed E-state index contributed by atoms with van der Waals surface area (Å²) < 4.78 is 43.6. The molecule has 0 aliphatic carbocycles. The second-order valence-electron chi connectivity index (χ2n) is 4.76. The van der Waals surface area contributed by atoms with Crippen LogP contribution in [0.5, 0.6) is 0 Å². The molecule has 0 fully saturated rings. The number of aliphatic hydroxyl groups excluding tert-OH is 1. The van der Waals surface area contributed by atoms with Crippen LogP contribution in [0.1, 0.15) is 64.7 Å². The number of hydrogen-bond donors (Lipinski definition) is 1. The molecule has 0 saturated heterocycles. The zero-order valence-electron chi connectivity index (χ0n) is 18.6. The number of aliphatic hydroxyl groups is 1. The van der Waals surface area contributed by atoms with Gasteiger partial charge in [-0.25, -0.2) is 0 Å². The van der Waals surface area contributed by atoms with Crippen molar-refractivity contribution in [2.45, 2.75) is 64.7 Å². The molecular weight excluding hydrogens is 524 g/mol. The standard InChI is InChI=1S/C11H24O.4Na.2H4O5P2/c1-2-3-4-5-6-7-8-9-10-11-12;;;;;2*1-6(2)5-7(3)4/h12H,2-11H2,1H3;;;;;2*6-7H,(H,1,2)(H,3,4)/q;4*+1;;/p-4. The van der Waals surface area contributed by atoms with Crippen molar-refractivity contribution in [2.75, 3.05) is 6.61 Å². The van der Waals surface area contributed by atoms with Crippen molar-refractivity contribution >= 4 is 33.0 Å². The van der Waals surface area contributed by atoms with Crippen LogP contribution in [-0.2, 0) is 26.9 Å². The third kappa shape index (κ3) is 69.8. The van der Waals surface area contributed by atoms with Crippen LogP contribution in [0.2, 0.25) is 0 Å². The SMILES string of the molecule is CCCCCCCCCCCO.O=[PH]([O-])O[PH](=O)[O-].O=[PH]([O-])O[PH](=O)[O-].[Na+].[Na+].[Na+].[Na+]. The molecule has 0 aliphatic heterocycles. The molecule has 4 unspecified atom stereocenters. The third-order valence-electron chi connectivity index (χ3n) is 2.60. The first-order valence-corrected chi connectivity index (χ1v) is 12.9. The van der Waals surface area contributed by atoms with Gasteiger partial charge in [0.15, 0.2) is 0 Å². The van der Waals surface area contributed by atoms with E-state index in [9.17, 15) is 37.8 Å². The maximum absolute atomic E-state index is 9.29. The largest absolute Gasteiger partial charge is 1.00 e. The summed E-state index contributed by atoms with van der Waals surface area (Å²) in [5, 5.41) is 8.54. The van der Waals surface area contributed by atoms with Crippen LogP contribution >= 0.6 is 33.0 Å². The van der Waals surface area contributed by atoms with Gasteiger partial charge in [0.05, 0.1) is 0 Å². The van der Waals surface area contributed by atoms with Crippen molar-refractivity contribution in [3.05, 3.63) is 0 Å². The minimum atomic E-state index is -3.51. The van der Waals surface area contributed by atoms with E-state index >= 15 is 0 Å². The van der Waals surface area contributed by atoms with Crippen molar-refractivity contribution in [2.24, 2.45) is 0 Å². The Balaban J connectivity index is -0.0000000521. The molecule has 19 heteroatoms. The van der Waals surface area contributed by atoms with Gasteiger partial charge >= 0.3 is 118 Å². The van der Waals surface area contributed by atoms with E-state index in [1.54, 1.807) is 0 Å². The molecule has 11 nitrogen and oxygen atoms in total. The Morgan fingerprint density at radius 1 is 0.567 bits per heavy atom. The third-order valence-corrected chi connectivity index (χ3v) is 5.26. The number of hydrogen-bond acceptors (Lipinski definition) is 11. The second-order valence-corrected chi connectivity index (χ2v) is 8.39. The monoisotopic (exact) mass is 552 g/mol. The van der Waals surface area contributed by atoms with Crippen LogP contribution in [-0.4, -0.2) is 11.7 Å². The minimum absolute atomic E-state index is 0. The summed E-state index contributed by atoms with van der Waals surface area (Å²) in [6.45, 7) is 2.62. The predicted octanol–water partition coefficient (Wildman–Crippen LogP) is -11.5. The number of rotatable bonds is 13. The molecule has 1 N–H and O–H groups in total. The molecule has 0 aromatic heterocycles. The Morgan fingerprint density at radius 2 is 0.800 bits per heavy atom. The van der Waals surface area contributed by atoms with Crippen LogP contribution in [0.25, 0.3) is 0 Å². The van der Waals surface area contributed by atoms with Gasteiger partial charge in [-0.15, -0.1) is 0 Å². The maximum atomic E-state index is 9.29. The topological polar surface area (TPSA) is 199 Å². The van der Waals surface area contributed by atoms with Gasteiger partial charge in [-0.1, -0.05) is 58.3 Å². The Bertz CT molecular complexity index is 351. The van der Waals surface area contributed by atoms with Crippen LogP contribution < -0.4 is 138 Å². The van der Waals surface area contributed by atoms with Crippen LogP contribution in [0, 0.1) is 0 Å². The second kappa shape index (κ2) is 43.7. The van der Waals surface area contributed by atoms with Gasteiger partial charge in [-0.05, 0) is 6.42 Å². The Labute approximate surface area is 270 Å². The molecule has 0 aromatic carbocycles. The summed E-state index contributed by atoms with van der Waals surface area (Å²) in [4.78, 5) is 37.1. The van der Waals surface area contributed by atoms with E-state index in [2.05, 4.69) is 15.5 Å². The van der Waals surface area contributed by atoms with Gasteiger partial charge in [0.2, 0.25) is 0 Å². The first-order valence-electron chi connectivity index (χ1n) is 7.97. The molecule has 4 atom stereocenters. The van der Waals surface area contributed by atoms with Gasteiger partial charge < -0.3 is 42.9 Å². The summed E-state index contributed by atoms with van der Waals surface area (Å²) in [5.41, 5.74) is 0. The summed E-state index contributed by atoms with van der Waals surface area (Å²) in [6.07, 6.45) is 11.8. The number of unbranched alkanes of at least 4 members (excludes halogenated alkanes) is 8. The minimum Gasteiger partial charge on any atom is -0.781 e. The normalized spacial score (nSPS) is 12.9. The smallest absolute Gasteiger partial charge is 0.781 e. The molecular formula is C11H28Na4O11P4. The summed E-state index contributed by atoms with van der Waals surface area (Å²) in [7, 11) is -14.1.